The van der Waals surface area contributed by atoms with Gasteiger partial charge in [0.05, 0.1) is 50.0 Å². The Morgan fingerprint density at radius 2 is 1.54 bits per heavy atom. The maximum Gasteiger partial charge on any atom is 0.0892 e. The third-order valence-electron chi connectivity index (χ3n) is 4.44. The monoisotopic (exact) mass is 363 g/mol. The molecule has 0 saturated heterocycles. The summed E-state index contributed by atoms with van der Waals surface area (Å²) in [7, 11) is 0. The lowest BCUT2D eigenvalue weighted by Gasteiger charge is -2.19. The largest absolute Gasteiger partial charge is 0.379 e. The summed E-state index contributed by atoms with van der Waals surface area (Å²) in [6, 6.07) is 5.94. The first-order valence-corrected chi connectivity index (χ1v) is 9.61. The van der Waals surface area contributed by atoms with Crippen molar-refractivity contribution in [2.75, 3.05) is 26.4 Å². The van der Waals surface area contributed by atoms with E-state index in [0.717, 1.165) is 43.9 Å². The Balaban J connectivity index is 1.92. The van der Waals surface area contributed by atoms with E-state index in [0.29, 0.717) is 32.3 Å². The zero-order valence-corrected chi connectivity index (χ0v) is 16.2. The third-order valence-corrected chi connectivity index (χ3v) is 4.44. The highest BCUT2D eigenvalue weighted by Gasteiger charge is 2.11. The molecule has 0 saturated carbocycles. The lowest BCUT2D eigenvalue weighted by molar-refractivity contribution is -0.0265. The lowest BCUT2D eigenvalue weighted by Crippen LogP contribution is -2.20. The fourth-order valence-corrected chi connectivity index (χ4v) is 2.86. The molecule has 0 spiro atoms. The number of allylic oxidation sites excluding steroid dienone is 1. The van der Waals surface area contributed by atoms with Gasteiger partial charge in [0, 0.05) is 13.2 Å². The highest BCUT2D eigenvalue weighted by molar-refractivity contribution is 5.10. The quantitative estimate of drug-likeness (QED) is 0.746. The summed E-state index contributed by atoms with van der Waals surface area (Å²) in [6.07, 6.45) is 5.07. The van der Waals surface area contributed by atoms with Crippen LogP contribution in [0.4, 0.5) is 0 Å². The Hall–Kier alpha value is -1.27. The van der Waals surface area contributed by atoms with Gasteiger partial charge in [0.1, 0.15) is 0 Å². The second-order valence-corrected chi connectivity index (χ2v) is 6.98. The number of hydrogen-bond acceptors (Lipinski definition) is 5. The molecule has 1 aliphatic heterocycles. The molecule has 146 valence electrons. The summed E-state index contributed by atoms with van der Waals surface area (Å²) in [5.41, 5.74) is 1.82. The molecule has 2 bridgehead atoms. The molecule has 5 nitrogen and oxygen atoms in total. The Bertz CT molecular complexity index is 485. The Labute approximate surface area is 157 Å². The Kier molecular flexibility index (Phi) is 9.85. The number of nitrogens with zero attached hydrogens (tertiary/aromatic N) is 1. The van der Waals surface area contributed by atoms with Crippen LogP contribution in [0.3, 0.4) is 0 Å². The van der Waals surface area contributed by atoms with Gasteiger partial charge in [-0.05, 0) is 51.2 Å². The van der Waals surface area contributed by atoms with Crippen LogP contribution in [0.1, 0.15) is 44.5 Å². The second-order valence-electron chi connectivity index (χ2n) is 6.98. The highest BCUT2D eigenvalue weighted by atomic mass is 16.5. The van der Waals surface area contributed by atoms with Crippen molar-refractivity contribution in [3.63, 3.8) is 0 Å². The molecule has 0 amide bonds. The molecule has 1 aromatic heterocycles. The first-order valence-electron chi connectivity index (χ1n) is 9.61. The standard InChI is InChI=1S/C21H33NO4/c1-4-6-19-9-11-23-13-17(2)25-15-20-7-5-8-21(22-20)16-26-18(3)14-24-12-10-19/h4-5,7-8,17-19H,1,6,9-16H2,2-3H3/t17-,18-/m0/s1. The Morgan fingerprint density at radius 1 is 1.00 bits per heavy atom. The van der Waals surface area contributed by atoms with Crippen molar-refractivity contribution in [2.45, 2.75) is 58.5 Å². The van der Waals surface area contributed by atoms with Crippen LogP contribution in [-0.4, -0.2) is 43.6 Å². The van der Waals surface area contributed by atoms with Crippen molar-refractivity contribution >= 4 is 0 Å². The van der Waals surface area contributed by atoms with E-state index in [-0.39, 0.29) is 12.2 Å². The summed E-state index contributed by atoms with van der Waals surface area (Å²) >= 11 is 0. The average molecular weight is 363 g/mol. The Morgan fingerprint density at radius 3 is 2.04 bits per heavy atom. The van der Waals surface area contributed by atoms with Crippen LogP contribution in [-0.2, 0) is 32.2 Å². The molecular formula is C21H33NO4. The molecule has 0 radical (unpaired) electrons. The second kappa shape index (κ2) is 12.2. The van der Waals surface area contributed by atoms with Crippen molar-refractivity contribution in [3.05, 3.63) is 42.2 Å². The van der Waals surface area contributed by atoms with Gasteiger partial charge >= 0.3 is 0 Å². The molecule has 26 heavy (non-hydrogen) atoms. The van der Waals surface area contributed by atoms with Gasteiger partial charge in [0.15, 0.2) is 0 Å². The van der Waals surface area contributed by atoms with E-state index in [1.807, 2.05) is 38.1 Å². The molecule has 0 unspecified atom stereocenters. The van der Waals surface area contributed by atoms with Gasteiger partial charge in [-0.1, -0.05) is 12.1 Å². The zero-order valence-electron chi connectivity index (χ0n) is 16.2. The highest BCUT2D eigenvalue weighted by Crippen LogP contribution is 2.15. The molecule has 1 aromatic rings. The van der Waals surface area contributed by atoms with E-state index in [1.54, 1.807) is 0 Å². The molecule has 5 heteroatoms. The number of pyridine rings is 1. The first-order chi connectivity index (χ1) is 12.7. The minimum Gasteiger partial charge on any atom is -0.379 e. The maximum absolute atomic E-state index is 5.86. The molecular weight excluding hydrogens is 330 g/mol. The van der Waals surface area contributed by atoms with Crippen molar-refractivity contribution < 1.29 is 18.9 Å². The predicted octanol–water partition coefficient (Wildman–Crippen LogP) is 3.91. The van der Waals surface area contributed by atoms with Crippen LogP contribution < -0.4 is 0 Å². The molecule has 2 rings (SSSR count). The molecule has 1 aliphatic rings. The van der Waals surface area contributed by atoms with E-state index in [2.05, 4.69) is 11.6 Å². The minimum absolute atomic E-state index is 0.0387. The van der Waals surface area contributed by atoms with Gasteiger partial charge in [-0.25, -0.2) is 0 Å². The van der Waals surface area contributed by atoms with E-state index in [4.69, 9.17) is 18.9 Å². The van der Waals surface area contributed by atoms with Gasteiger partial charge in [0.2, 0.25) is 0 Å². The van der Waals surface area contributed by atoms with E-state index < -0.39 is 0 Å². The molecule has 2 atom stereocenters. The van der Waals surface area contributed by atoms with Gasteiger partial charge in [-0.15, -0.1) is 6.58 Å². The number of aromatic nitrogens is 1. The van der Waals surface area contributed by atoms with Gasteiger partial charge in [0.25, 0.3) is 0 Å². The summed E-state index contributed by atoms with van der Waals surface area (Å²) in [5.74, 6) is 0.544. The SMILES string of the molecule is C=CCC1CCOC[C@H](C)OCc2cccc(n2)CO[C@@H](C)COCC1. The summed E-state index contributed by atoms with van der Waals surface area (Å²) in [6.45, 7) is 11.5. The molecule has 2 heterocycles. The van der Waals surface area contributed by atoms with Crippen LogP contribution >= 0.6 is 0 Å². The molecule has 0 N–H and O–H groups in total. The molecule has 0 aromatic carbocycles. The normalized spacial score (nSPS) is 25.2. The van der Waals surface area contributed by atoms with Crippen molar-refractivity contribution in [1.82, 2.24) is 4.98 Å². The average Bonchev–Trinajstić information content (AvgIpc) is 2.64. The van der Waals surface area contributed by atoms with Crippen LogP contribution in [0.2, 0.25) is 0 Å². The van der Waals surface area contributed by atoms with Gasteiger partial charge < -0.3 is 18.9 Å². The van der Waals surface area contributed by atoms with Crippen LogP contribution in [0.5, 0.6) is 0 Å². The summed E-state index contributed by atoms with van der Waals surface area (Å²) < 4.78 is 23.3. The number of fused-ring (bicyclic) bond motifs is 2. The smallest absolute Gasteiger partial charge is 0.0892 e. The van der Waals surface area contributed by atoms with Gasteiger partial charge in [-0.3, -0.25) is 4.98 Å². The number of hydrogen-bond donors (Lipinski definition) is 0. The van der Waals surface area contributed by atoms with Crippen LogP contribution in [0, 0.1) is 5.92 Å². The van der Waals surface area contributed by atoms with Crippen LogP contribution in [0.25, 0.3) is 0 Å². The molecule has 0 fully saturated rings. The molecule has 0 aliphatic carbocycles. The van der Waals surface area contributed by atoms with E-state index in [1.165, 1.54) is 0 Å². The summed E-state index contributed by atoms with van der Waals surface area (Å²) in [4.78, 5) is 4.59. The third kappa shape index (κ3) is 8.41. The number of rotatable bonds is 2. The van der Waals surface area contributed by atoms with Gasteiger partial charge in [-0.2, -0.15) is 0 Å². The number of ether oxygens (including phenoxy) is 4. The van der Waals surface area contributed by atoms with E-state index in [9.17, 15) is 0 Å². The first kappa shape index (κ1) is 21.0. The van der Waals surface area contributed by atoms with E-state index >= 15 is 0 Å². The fraction of sp³-hybridized carbons (Fsp3) is 0.667. The summed E-state index contributed by atoms with van der Waals surface area (Å²) in [5, 5.41) is 0. The van der Waals surface area contributed by atoms with Crippen molar-refractivity contribution in [3.8, 4) is 0 Å². The maximum atomic E-state index is 5.86. The van der Waals surface area contributed by atoms with Crippen molar-refractivity contribution in [1.29, 1.82) is 0 Å². The zero-order chi connectivity index (χ0) is 18.6. The topological polar surface area (TPSA) is 49.8 Å². The lowest BCUT2D eigenvalue weighted by atomic mass is 9.98. The minimum atomic E-state index is 0.0387. The fourth-order valence-electron chi connectivity index (χ4n) is 2.86. The predicted molar refractivity (Wildman–Crippen MR) is 102 cm³/mol. The van der Waals surface area contributed by atoms with Crippen LogP contribution in [0.15, 0.2) is 30.9 Å². The van der Waals surface area contributed by atoms with Crippen molar-refractivity contribution in [2.24, 2.45) is 5.92 Å².